The van der Waals surface area contributed by atoms with Crippen LogP contribution in [0, 0.1) is 17.8 Å². The molecule has 1 N–H and O–H groups in total. The molecule has 134 valence electrons. The monoisotopic (exact) mass is 335 g/mol. The van der Waals surface area contributed by atoms with Gasteiger partial charge in [0.15, 0.2) is 5.96 Å². The molecular formula is C16H28F3N3O. The second kappa shape index (κ2) is 8.22. The lowest BCUT2D eigenvalue weighted by Crippen LogP contribution is -2.46. The van der Waals surface area contributed by atoms with Gasteiger partial charge < -0.3 is 15.0 Å². The number of nitrogens with zero attached hydrogens (tertiary/aromatic N) is 2. The van der Waals surface area contributed by atoms with Crippen molar-refractivity contribution in [3.8, 4) is 0 Å². The summed E-state index contributed by atoms with van der Waals surface area (Å²) in [5, 5.41) is 3.15. The lowest BCUT2D eigenvalue weighted by molar-refractivity contribution is -0.195. The molecule has 4 nitrogen and oxygen atoms in total. The van der Waals surface area contributed by atoms with E-state index < -0.39 is 12.1 Å². The number of guanidine groups is 1. The lowest BCUT2D eigenvalue weighted by atomic mass is 9.79. The summed E-state index contributed by atoms with van der Waals surface area (Å²) in [6, 6.07) is 0. The van der Waals surface area contributed by atoms with Crippen molar-refractivity contribution >= 4 is 5.96 Å². The third-order valence-corrected chi connectivity index (χ3v) is 4.98. The fourth-order valence-corrected chi connectivity index (χ4v) is 3.69. The molecule has 0 aromatic rings. The number of halogens is 3. The Hall–Kier alpha value is -0.980. The largest absolute Gasteiger partial charge is 0.392 e. The van der Waals surface area contributed by atoms with Gasteiger partial charge >= 0.3 is 6.18 Å². The van der Waals surface area contributed by atoms with Crippen LogP contribution in [0.3, 0.4) is 0 Å². The Balaban J connectivity index is 1.85. The van der Waals surface area contributed by atoms with Crippen LogP contribution < -0.4 is 5.32 Å². The third kappa shape index (κ3) is 5.26. The van der Waals surface area contributed by atoms with Crippen LogP contribution in [0.25, 0.3) is 0 Å². The maximum Gasteiger partial charge on any atom is 0.392 e. The predicted molar refractivity (Wildman–Crippen MR) is 84.4 cm³/mol. The molecule has 2 aliphatic rings. The SMILES string of the molecule is CN=C(NCC1CCCCC1C(F)(F)F)N(C)CC1CCOC1. The predicted octanol–water partition coefficient (Wildman–Crippen LogP) is 2.90. The van der Waals surface area contributed by atoms with Crippen LogP contribution >= 0.6 is 0 Å². The second-order valence-electron chi connectivity index (χ2n) is 6.73. The van der Waals surface area contributed by atoms with Crippen molar-refractivity contribution in [2.45, 2.75) is 38.3 Å². The highest BCUT2D eigenvalue weighted by molar-refractivity contribution is 5.79. The molecule has 3 unspecified atom stereocenters. The van der Waals surface area contributed by atoms with Gasteiger partial charge in [-0.1, -0.05) is 12.8 Å². The molecule has 23 heavy (non-hydrogen) atoms. The second-order valence-corrected chi connectivity index (χ2v) is 6.73. The molecule has 0 spiro atoms. The highest BCUT2D eigenvalue weighted by atomic mass is 19.4. The number of alkyl halides is 3. The van der Waals surface area contributed by atoms with Crippen molar-refractivity contribution in [1.29, 1.82) is 0 Å². The van der Waals surface area contributed by atoms with E-state index in [1.165, 1.54) is 0 Å². The molecule has 7 heteroatoms. The lowest BCUT2D eigenvalue weighted by Gasteiger charge is -2.34. The van der Waals surface area contributed by atoms with Crippen molar-refractivity contribution in [3.63, 3.8) is 0 Å². The van der Waals surface area contributed by atoms with Crippen molar-refractivity contribution < 1.29 is 17.9 Å². The number of rotatable bonds is 4. The molecule has 1 saturated heterocycles. The number of aliphatic imine (C=N–C) groups is 1. The molecule has 3 atom stereocenters. The molecule has 1 saturated carbocycles. The van der Waals surface area contributed by atoms with Gasteiger partial charge in [-0.3, -0.25) is 4.99 Å². The van der Waals surface area contributed by atoms with Gasteiger partial charge in [-0.05, 0) is 25.2 Å². The van der Waals surface area contributed by atoms with E-state index in [0.717, 1.165) is 32.6 Å². The topological polar surface area (TPSA) is 36.9 Å². The van der Waals surface area contributed by atoms with Gasteiger partial charge in [-0.2, -0.15) is 13.2 Å². The summed E-state index contributed by atoms with van der Waals surface area (Å²) in [7, 11) is 3.60. The summed E-state index contributed by atoms with van der Waals surface area (Å²) in [5.74, 6) is -0.404. The summed E-state index contributed by atoms with van der Waals surface area (Å²) < 4.78 is 44.8. The Bertz CT molecular complexity index is 395. The van der Waals surface area contributed by atoms with Gasteiger partial charge in [0.05, 0.1) is 12.5 Å². The molecule has 1 aliphatic heterocycles. The molecule has 0 aromatic heterocycles. The summed E-state index contributed by atoms with van der Waals surface area (Å²) in [5.41, 5.74) is 0. The molecule has 1 heterocycles. The Morgan fingerprint density at radius 1 is 1.26 bits per heavy atom. The molecule has 1 aliphatic carbocycles. The van der Waals surface area contributed by atoms with E-state index in [2.05, 4.69) is 10.3 Å². The first-order chi connectivity index (χ1) is 10.9. The van der Waals surface area contributed by atoms with Crippen LogP contribution in [-0.2, 0) is 4.74 Å². The maximum atomic E-state index is 13.1. The number of nitrogens with one attached hydrogen (secondary N) is 1. The van der Waals surface area contributed by atoms with E-state index in [4.69, 9.17) is 4.74 Å². The molecule has 0 amide bonds. The van der Waals surface area contributed by atoms with E-state index in [9.17, 15) is 13.2 Å². The van der Waals surface area contributed by atoms with Crippen LogP contribution in [0.15, 0.2) is 4.99 Å². The van der Waals surface area contributed by atoms with Crippen LogP contribution in [0.2, 0.25) is 0 Å². The fourth-order valence-electron chi connectivity index (χ4n) is 3.69. The van der Waals surface area contributed by atoms with E-state index in [1.54, 1.807) is 7.05 Å². The number of hydrogen-bond donors (Lipinski definition) is 1. The van der Waals surface area contributed by atoms with Gasteiger partial charge in [0.2, 0.25) is 0 Å². The van der Waals surface area contributed by atoms with Crippen molar-refractivity contribution in [2.24, 2.45) is 22.7 Å². The molecule has 2 fully saturated rings. The van der Waals surface area contributed by atoms with E-state index in [1.807, 2.05) is 11.9 Å². The Kier molecular flexibility index (Phi) is 6.56. The van der Waals surface area contributed by atoms with Gasteiger partial charge in [-0.15, -0.1) is 0 Å². The van der Waals surface area contributed by atoms with Crippen LogP contribution in [0.1, 0.15) is 32.1 Å². The number of ether oxygens (including phenoxy) is 1. The van der Waals surface area contributed by atoms with Crippen molar-refractivity contribution in [3.05, 3.63) is 0 Å². The van der Waals surface area contributed by atoms with Crippen molar-refractivity contribution in [1.82, 2.24) is 10.2 Å². The molecule has 0 bridgehead atoms. The molecular weight excluding hydrogens is 307 g/mol. The van der Waals surface area contributed by atoms with Gasteiger partial charge in [0.1, 0.15) is 0 Å². The first-order valence-corrected chi connectivity index (χ1v) is 8.48. The maximum absolute atomic E-state index is 13.1. The first-order valence-electron chi connectivity index (χ1n) is 8.48. The van der Waals surface area contributed by atoms with Gasteiger partial charge in [0, 0.05) is 39.7 Å². The average molecular weight is 335 g/mol. The minimum atomic E-state index is -4.09. The molecule has 0 radical (unpaired) electrons. The van der Waals surface area contributed by atoms with E-state index >= 15 is 0 Å². The van der Waals surface area contributed by atoms with Gasteiger partial charge in [-0.25, -0.2) is 0 Å². The first kappa shape index (κ1) is 18.4. The fraction of sp³-hybridized carbons (Fsp3) is 0.938. The average Bonchev–Trinajstić information content (AvgIpc) is 3.00. The van der Waals surface area contributed by atoms with Crippen molar-refractivity contribution in [2.75, 3.05) is 40.4 Å². The Labute approximate surface area is 136 Å². The van der Waals surface area contributed by atoms with E-state index in [-0.39, 0.29) is 12.3 Å². The summed E-state index contributed by atoms with van der Waals surface area (Å²) in [4.78, 5) is 6.20. The van der Waals surface area contributed by atoms with E-state index in [0.29, 0.717) is 31.3 Å². The molecule has 2 rings (SSSR count). The van der Waals surface area contributed by atoms with Crippen LogP contribution in [0.4, 0.5) is 13.2 Å². The Morgan fingerprint density at radius 2 is 2.00 bits per heavy atom. The third-order valence-electron chi connectivity index (χ3n) is 4.98. The zero-order valence-electron chi connectivity index (χ0n) is 14.0. The number of hydrogen-bond acceptors (Lipinski definition) is 2. The summed E-state index contributed by atoms with van der Waals surface area (Å²) in [6.45, 7) is 2.69. The zero-order valence-corrected chi connectivity index (χ0v) is 14.0. The molecule has 0 aromatic carbocycles. The minimum Gasteiger partial charge on any atom is -0.381 e. The standard InChI is InChI=1S/C16H28F3N3O/c1-20-15(22(2)10-12-7-8-23-11-12)21-9-13-5-3-4-6-14(13)16(17,18)19/h12-14H,3-11H2,1-2H3,(H,20,21). The Morgan fingerprint density at radius 3 is 2.61 bits per heavy atom. The highest BCUT2D eigenvalue weighted by Gasteiger charge is 2.45. The van der Waals surface area contributed by atoms with Gasteiger partial charge in [0.25, 0.3) is 0 Å². The summed E-state index contributed by atoms with van der Waals surface area (Å²) in [6.07, 6.45) is -0.620. The smallest absolute Gasteiger partial charge is 0.381 e. The minimum absolute atomic E-state index is 0.254. The normalized spacial score (nSPS) is 29.6. The van der Waals surface area contributed by atoms with Crippen LogP contribution in [-0.4, -0.2) is 57.4 Å². The summed E-state index contributed by atoms with van der Waals surface area (Å²) >= 11 is 0. The van der Waals surface area contributed by atoms with Crippen LogP contribution in [0.5, 0.6) is 0 Å². The quantitative estimate of drug-likeness (QED) is 0.634. The zero-order chi connectivity index (χ0) is 16.9. The highest BCUT2D eigenvalue weighted by Crippen LogP contribution is 2.41.